The molecule has 17 heavy (non-hydrogen) atoms. The van der Waals surface area contributed by atoms with Crippen molar-refractivity contribution in [3.63, 3.8) is 0 Å². The van der Waals surface area contributed by atoms with Crippen LogP contribution in [0.5, 0.6) is 5.75 Å². The van der Waals surface area contributed by atoms with Gasteiger partial charge in [-0.2, -0.15) is 0 Å². The van der Waals surface area contributed by atoms with E-state index in [1.807, 2.05) is 6.07 Å². The van der Waals surface area contributed by atoms with Crippen molar-refractivity contribution in [2.24, 2.45) is 5.92 Å². The van der Waals surface area contributed by atoms with Crippen LogP contribution in [0, 0.1) is 5.92 Å². The lowest BCUT2D eigenvalue weighted by Crippen LogP contribution is -2.17. The Bertz CT molecular complexity index is 352. The zero-order chi connectivity index (χ0) is 12.8. The van der Waals surface area contributed by atoms with Gasteiger partial charge < -0.3 is 10.1 Å². The van der Waals surface area contributed by atoms with Crippen LogP contribution in [0.4, 0.5) is 0 Å². The average molecular weight is 300 g/mol. The van der Waals surface area contributed by atoms with Crippen LogP contribution in [0.3, 0.4) is 0 Å². The van der Waals surface area contributed by atoms with Crippen molar-refractivity contribution in [1.29, 1.82) is 0 Å². The minimum absolute atomic E-state index is 0.371. The molecule has 1 unspecified atom stereocenters. The molecule has 0 fully saturated rings. The Hall–Kier alpha value is -0.540. The van der Waals surface area contributed by atoms with Crippen LogP contribution >= 0.6 is 15.9 Å². The van der Waals surface area contributed by atoms with Crippen LogP contribution in [0.15, 0.2) is 22.7 Å². The van der Waals surface area contributed by atoms with Gasteiger partial charge in [0.05, 0.1) is 11.1 Å². The molecule has 0 aromatic heterocycles. The molecule has 1 aromatic carbocycles. The molecule has 3 heteroatoms. The first-order chi connectivity index (χ1) is 8.04. The topological polar surface area (TPSA) is 21.3 Å². The summed E-state index contributed by atoms with van der Waals surface area (Å²) < 4.78 is 6.75. The molecule has 0 heterocycles. The number of benzene rings is 1. The van der Waals surface area contributed by atoms with Gasteiger partial charge in [0.25, 0.3) is 0 Å². The van der Waals surface area contributed by atoms with Crippen molar-refractivity contribution in [3.05, 3.63) is 28.2 Å². The summed E-state index contributed by atoms with van der Waals surface area (Å²) in [7, 11) is 0. The maximum Gasteiger partial charge on any atom is 0.133 e. The summed E-state index contributed by atoms with van der Waals surface area (Å²) in [5.74, 6) is 1.47. The van der Waals surface area contributed by atoms with Gasteiger partial charge in [0, 0.05) is 6.04 Å². The molecule has 1 N–H and O–H groups in total. The molecule has 0 saturated heterocycles. The SMILES string of the molecule is CCNC(C)c1ccc(OCC(C)C)c(Br)c1. The second kappa shape index (κ2) is 7.02. The molecule has 0 radical (unpaired) electrons. The molecule has 0 aliphatic carbocycles. The predicted octanol–water partition coefficient (Wildman–Crippen LogP) is 4.15. The summed E-state index contributed by atoms with van der Waals surface area (Å²) in [5, 5.41) is 3.40. The maximum atomic E-state index is 5.73. The summed E-state index contributed by atoms with van der Waals surface area (Å²) in [6, 6.07) is 6.65. The molecule has 0 aliphatic rings. The molecule has 0 amide bonds. The standard InChI is InChI=1S/C14H22BrNO/c1-5-16-11(4)12-6-7-14(13(15)8-12)17-9-10(2)3/h6-8,10-11,16H,5,9H2,1-4H3. The first kappa shape index (κ1) is 14.5. The molecular weight excluding hydrogens is 278 g/mol. The second-order valence-electron chi connectivity index (χ2n) is 4.67. The summed E-state index contributed by atoms with van der Waals surface area (Å²) in [4.78, 5) is 0. The van der Waals surface area contributed by atoms with Crippen LogP contribution in [0.25, 0.3) is 0 Å². The van der Waals surface area contributed by atoms with E-state index in [9.17, 15) is 0 Å². The second-order valence-corrected chi connectivity index (χ2v) is 5.53. The molecule has 0 aliphatic heterocycles. The molecule has 0 spiro atoms. The zero-order valence-corrected chi connectivity index (χ0v) is 12.7. The maximum absolute atomic E-state index is 5.73. The number of halogens is 1. The highest BCUT2D eigenvalue weighted by atomic mass is 79.9. The first-order valence-electron chi connectivity index (χ1n) is 6.20. The quantitative estimate of drug-likeness (QED) is 0.852. The van der Waals surface area contributed by atoms with E-state index < -0.39 is 0 Å². The van der Waals surface area contributed by atoms with E-state index in [2.05, 4.69) is 61.1 Å². The highest BCUT2D eigenvalue weighted by molar-refractivity contribution is 9.10. The van der Waals surface area contributed by atoms with Gasteiger partial charge in [0.1, 0.15) is 5.75 Å². The van der Waals surface area contributed by atoms with Crippen molar-refractivity contribution < 1.29 is 4.74 Å². The highest BCUT2D eigenvalue weighted by Gasteiger charge is 2.08. The molecule has 0 saturated carbocycles. The third-order valence-electron chi connectivity index (χ3n) is 2.54. The predicted molar refractivity (Wildman–Crippen MR) is 76.6 cm³/mol. The lowest BCUT2D eigenvalue weighted by Gasteiger charge is -2.15. The van der Waals surface area contributed by atoms with E-state index in [0.29, 0.717) is 12.0 Å². The van der Waals surface area contributed by atoms with Crippen LogP contribution in [-0.2, 0) is 0 Å². The summed E-state index contributed by atoms with van der Waals surface area (Å²) >= 11 is 3.56. The summed E-state index contributed by atoms with van der Waals surface area (Å²) in [6.07, 6.45) is 0. The molecule has 1 atom stereocenters. The minimum atomic E-state index is 0.371. The van der Waals surface area contributed by atoms with Crippen LogP contribution < -0.4 is 10.1 Å². The van der Waals surface area contributed by atoms with Gasteiger partial charge in [0.15, 0.2) is 0 Å². The van der Waals surface area contributed by atoms with Crippen molar-refractivity contribution >= 4 is 15.9 Å². The van der Waals surface area contributed by atoms with Crippen LogP contribution in [0.2, 0.25) is 0 Å². The number of ether oxygens (including phenoxy) is 1. The molecule has 1 rings (SSSR count). The first-order valence-corrected chi connectivity index (χ1v) is 6.99. The Balaban J connectivity index is 2.72. The lowest BCUT2D eigenvalue weighted by molar-refractivity contribution is 0.269. The minimum Gasteiger partial charge on any atom is -0.492 e. The Morgan fingerprint density at radius 2 is 2.00 bits per heavy atom. The lowest BCUT2D eigenvalue weighted by atomic mass is 10.1. The van der Waals surface area contributed by atoms with Gasteiger partial charge in [-0.3, -0.25) is 0 Å². The smallest absolute Gasteiger partial charge is 0.133 e. The third-order valence-corrected chi connectivity index (χ3v) is 3.16. The number of hydrogen-bond donors (Lipinski definition) is 1. The molecule has 1 aromatic rings. The van der Waals surface area contributed by atoms with Crippen LogP contribution in [0.1, 0.15) is 39.3 Å². The van der Waals surface area contributed by atoms with E-state index in [1.165, 1.54) is 5.56 Å². The fourth-order valence-corrected chi connectivity index (χ4v) is 2.09. The number of rotatable bonds is 6. The van der Waals surface area contributed by atoms with Crippen molar-refractivity contribution in [3.8, 4) is 5.75 Å². The number of nitrogens with one attached hydrogen (secondary N) is 1. The van der Waals surface area contributed by atoms with Gasteiger partial charge in [-0.1, -0.05) is 26.8 Å². The van der Waals surface area contributed by atoms with Gasteiger partial charge in [-0.25, -0.2) is 0 Å². The van der Waals surface area contributed by atoms with Crippen molar-refractivity contribution in [2.75, 3.05) is 13.2 Å². The van der Waals surface area contributed by atoms with Gasteiger partial charge in [0.2, 0.25) is 0 Å². The van der Waals surface area contributed by atoms with Crippen molar-refractivity contribution in [1.82, 2.24) is 5.32 Å². The normalized spacial score (nSPS) is 12.8. The summed E-state index contributed by atoms with van der Waals surface area (Å²) in [5.41, 5.74) is 1.27. The van der Waals surface area contributed by atoms with E-state index >= 15 is 0 Å². The Morgan fingerprint density at radius 1 is 1.29 bits per heavy atom. The van der Waals surface area contributed by atoms with Crippen LogP contribution in [-0.4, -0.2) is 13.2 Å². The van der Waals surface area contributed by atoms with E-state index in [4.69, 9.17) is 4.74 Å². The largest absolute Gasteiger partial charge is 0.492 e. The van der Waals surface area contributed by atoms with Gasteiger partial charge in [-0.05, 0) is 53.0 Å². The fourth-order valence-electron chi connectivity index (χ4n) is 1.58. The van der Waals surface area contributed by atoms with Crippen molar-refractivity contribution in [2.45, 2.75) is 33.7 Å². The fraction of sp³-hybridized carbons (Fsp3) is 0.571. The van der Waals surface area contributed by atoms with E-state index in [0.717, 1.165) is 23.4 Å². The Morgan fingerprint density at radius 3 is 2.53 bits per heavy atom. The summed E-state index contributed by atoms with van der Waals surface area (Å²) in [6.45, 7) is 10.3. The monoisotopic (exact) mass is 299 g/mol. The van der Waals surface area contributed by atoms with E-state index in [-0.39, 0.29) is 0 Å². The Labute approximate surface area is 113 Å². The van der Waals surface area contributed by atoms with E-state index in [1.54, 1.807) is 0 Å². The average Bonchev–Trinajstić information content (AvgIpc) is 2.27. The van der Waals surface area contributed by atoms with Gasteiger partial charge >= 0.3 is 0 Å². The van der Waals surface area contributed by atoms with Gasteiger partial charge in [-0.15, -0.1) is 0 Å². The highest BCUT2D eigenvalue weighted by Crippen LogP contribution is 2.28. The molecule has 2 nitrogen and oxygen atoms in total. The molecule has 0 bridgehead atoms. The number of hydrogen-bond acceptors (Lipinski definition) is 2. The Kier molecular flexibility index (Phi) is 6.00. The molecular formula is C14H22BrNO. The molecule has 96 valence electrons. The third kappa shape index (κ3) is 4.68. The zero-order valence-electron chi connectivity index (χ0n) is 11.1.